The van der Waals surface area contributed by atoms with Crippen LogP contribution in [0, 0.1) is 11.3 Å². The van der Waals surface area contributed by atoms with Crippen LogP contribution in [0.1, 0.15) is 5.56 Å². The Balaban J connectivity index is 2.15. The Morgan fingerprint density at radius 2 is 2.19 bits per heavy atom. The van der Waals surface area contributed by atoms with Crippen molar-refractivity contribution >= 4 is 11.8 Å². The van der Waals surface area contributed by atoms with Crippen LogP contribution in [0.5, 0.6) is 0 Å². The van der Waals surface area contributed by atoms with E-state index >= 15 is 0 Å². The number of likely N-dealkylation sites (N-methyl/N-ethyl adjacent to an activating group) is 1. The van der Waals surface area contributed by atoms with Crippen molar-refractivity contribution in [3.8, 4) is 6.07 Å². The van der Waals surface area contributed by atoms with E-state index in [0.29, 0.717) is 6.54 Å². The van der Waals surface area contributed by atoms with Crippen LogP contribution in [0.25, 0.3) is 0 Å². The summed E-state index contributed by atoms with van der Waals surface area (Å²) < 4.78 is 5.19. The third-order valence-electron chi connectivity index (χ3n) is 3.36. The van der Waals surface area contributed by atoms with Gasteiger partial charge in [0.15, 0.2) is 0 Å². The van der Waals surface area contributed by atoms with Crippen molar-refractivity contribution in [1.29, 1.82) is 5.26 Å². The Bertz CT molecular complexity index is 553. The number of carbonyl (C=O) groups is 2. The lowest BCUT2D eigenvalue weighted by Crippen LogP contribution is -2.56. The summed E-state index contributed by atoms with van der Waals surface area (Å²) in [6, 6.07) is 10.7. The van der Waals surface area contributed by atoms with Crippen LogP contribution in [-0.4, -0.2) is 54.5 Å². The molecule has 0 saturated carbocycles. The smallest absolute Gasteiger partial charge is 0.249 e. The van der Waals surface area contributed by atoms with Gasteiger partial charge in [-0.2, -0.15) is 5.26 Å². The molecule has 0 N–H and O–H groups in total. The number of hydrogen-bond donors (Lipinski definition) is 0. The number of morpholine rings is 1. The second-order valence-electron chi connectivity index (χ2n) is 4.89. The number of hydrogen-bond acceptors (Lipinski definition) is 4. The highest BCUT2D eigenvalue weighted by Gasteiger charge is 2.35. The van der Waals surface area contributed by atoms with Gasteiger partial charge in [-0.25, -0.2) is 0 Å². The molecule has 0 radical (unpaired) electrons. The maximum Gasteiger partial charge on any atom is 0.249 e. The standard InChI is InChI=1S/C15H17N3O3/c1-17(8-7-16)15(20)13-10-21-11-14(19)18(13)9-12-5-3-2-4-6-12/h2-6,13H,8-11H2,1H3. The maximum absolute atomic E-state index is 12.3. The molecular weight excluding hydrogens is 270 g/mol. The Hall–Kier alpha value is -2.39. The number of amides is 2. The molecule has 1 fully saturated rings. The highest BCUT2D eigenvalue weighted by Crippen LogP contribution is 2.15. The van der Waals surface area contributed by atoms with Gasteiger partial charge >= 0.3 is 0 Å². The summed E-state index contributed by atoms with van der Waals surface area (Å²) in [6.45, 7) is 0.494. The molecule has 1 atom stereocenters. The second kappa shape index (κ2) is 6.86. The Morgan fingerprint density at radius 3 is 2.86 bits per heavy atom. The van der Waals surface area contributed by atoms with E-state index in [1.165, 1.54) is 9.80 Å². The highest BCUT2D eigenvalue weighted by molar-refractivity contribution is 5.89. The first-order chi connectivity index (χ1) is 10.1. The molecule has 0 spiro atoms. The van der Waals surface area contributed by atoms with Gasteiger partial charge in [-0.1, -0.05) is 30.3 Å². The number of carbonyl (C=O) groups excluding carboxylic acids is 2. The van der Waals surface area contributed by atoms with E-state index in [2.05, 4.69) is 0 Å². The van der Waals surface area contributed by atoms with Gasteiger partial charge in [0, 0.05) is 13.6 Å². The van der Waals surface area contributed by atoms with Gasteiger partial charge in [0.05, 0.1) is 12.7 Å². The molecule has 0 aliphatic carbocycles. The molecule has 1 aliphatic heterocycles. The number of nitriles is 1. The minimum atomic E-state index is -0.676. The van der Waals surface area contributed by atoms with Crippen molar-refractivity contribution < 1.29 is 14.3 Å². The van der Waals surface area contributed by atoms with E-state index in [4.69, 9.17) is 10.00 Å². The summed E-state index contributed by atoms with van der Waals surface area (Å²) in [5, 5.41) is 8.68. The maximum atomic E-state index is 12.3. The Kier molecular flexibility index (Phi) is 4.90. The molecule has 1 saturated heterocycles. The predicted octanol–water partition coefficient (Wildman–Crippen LogP) is 0.396. The fourth-order valence-corrected chi connectivity index (χ4v) is 2.23. The highest BCUT2D eigenvalue weighted by atomic mass is 16.5. The molecule has 21 heavy (non-hydrogen) atoms. The first-order valence-corrected chi connectivity index (χ1v) is 6.66. The zero-order valence-electron chi connectivity index (χ0n) is 11.9. The van der Waals surface area contributed by atoms with Crippen molar-refractivity contribution in [3.05, 3.63) is 35.9 Å². The quantitative estimate of drug-likeness (QED) is 0.751. The fourth-order valence-electron chi connectivity index (χ4n) is 2.23. The largest absolute Gasteiger partial charge is 0.369 e. The van der Waals surface area contributed by atoms with E-state index in [1.807, 2.05) is 36.4 Å². The summed E-state index contributed by atoms with van der Waals surface area (Å²) in [5.74, 6) is -0.491. The Labute approximate surface area is 123 Å². The van der Waals surface area contributed by atoms with E-state index in [0.717, 1.165) is 5.56 Å². The van der Waals surface area contributed by atoms with E-state index in [9.17, 15) is 9.59 Å². The number of nitrogens with zero attached hydrogens (tertiary/aromatic N) is 3. The first-order valence-electron chi connectivity index (χ1n) is 6.66. The fraction of sp³-hybridized carbons (Fsp3) is 0.400. The number of ether oxygens (including phenoxy) is 1. The van der Waals surface area contributed by atoms with Crippen LogP contribution < -0.4 is 0 Å². The average molecular weight is 287 g/mol. The second-order valence-corrected chi connectivity index (χ2v) is 4.89. The van der Waals surface area contributed by atoms with Crippen molar-refractivity contribution in [1.82, 2.24) is 9.80 Å². The molecule has 6 heteroatoms. The van der Waals surface area contributed by atoms with Crippen molar-refractivity contribution in [2.75, 3.05) is 26.8 Å². The molecular formula is C15H17N3O3. The van der Waals surface area contributed by atoms with Gasteiger partial charge in [0.1, 0.15) is 19.2 Å². The third-order valence-corrected chi connectivity index (χ3v) is 3.36. The van der Waals surface area contributed by atoms with Crippen LogP contribution in [0.15, 0.2) is 30.3 Å². The summed E-state index contributed by atoms with van der Waals surface area (Å²) in [4.78, 5) is 27.2. The van der Waals surface area contributed by atoms with Gasteiger partial charge < -0.3 is 14.5 Å². The summed E-state index contributed by atoms with van der Waals surface area (Å²) in [5.41, 5.74) is 0.952. The molecule has 110 valence electrons. The molecule has 2 rings (SSSR count). The average Bonchev–Trinajstić information content (AvgIpc) is 2.50. The summed E-state index contributed by atoms with van der Waals surface area (Å²) in [6.07, 6.45) is 0. The molecule has 1 unspecified atom stereocenters. The lowest BCUT2D eigenvalue weighted by atomic mass is 10.1. The number of benzene rings is 1. The van der Waals surface area contributed by atoms with E-state index in [1.54, 1.807) is 7.05 Å². The molecule has 6 nitrogen and oxygen atoms in total. The van der Waals surface area contributed by atoms with Gasteiger partial charge in [-0.05, 0) is 5.56 Å². The molecule has 1 aliphatic rings. The van der Waals surface area contributed by atoms with Crippen molar-refractivity contribution in [2.45, 2.75) is 12.6 Å². The predicted molar refractivity (Wildman–Crippen MR) is 74.8 cm³/mol. The topological polar surface area (TPSA) is 73.6 Å². The van der Waals surface area contributed by atoms with Crippen LogP contribution >= 0.6 is 0 Å². The SMILES string of the molecule is CN(CC#N)C(=O)C1COCC(=O)N1Cc1ccccc1. The molecule has 0 aromatic heterocycles. The van der Waals surface area contributed by atoms with Crippen molar-refractivity contribution in [2.24, 2.45) is 0 Å². The van der Waals surface area contributed by atoms with E-state index in [-0.39, 0.29) is 31.6 Å². The summed E-state index contributed by atoms with van der Waals surface area (Å²) >= 11 is 0. The van der Waals surface area contributed by atoms with Gasteiger partial charge in [-0.15, -0.1) is 0 Å². The van der Waals surface area contributed by atoms with Gasteiger partial charge in [0.2, 0.25) is 11.8 Å². The third kappa shape index (κ3) is 3.58. The molecule has 0 bridgehead atoms. The molecule has 1 aromatic carbocycles. The van der Waals surface area contributed by atoms with Crippen LogP contribution in [0.2, 0.25) is 0 Å². The van der Waals surface area contributed by atoms with Crippen molar-refractivity contribution in [3.63, 3.8) is 0 Å². The van der Waals surface area contributed by atoms with Crippen LogP contribution in [0.3, 0.4) is 0 Å². The van der Waals surface area contributed by atoms with Gasteiger partial charge in [0.25, 0.3) is 0 Å². The lowest BCUT2D eigenvalue weighted by Gasteiger charge is -2.36. The zero-order valence-corrected chi connectivity index (χ0v) is 11.9. The number of rotatable bonds is 4. The summed E-state index contributed by atoms with van der Waals surface area (Å²) in [7, 11) is 1.55. The molecule has 1 heterocycles. The molecule has 1 aromatic rings. The first kappa shape index (κ1) is 15.0. The lowest BCUT2D eigenvalue weighted by molar-refractivity contribution is -0.159. The normalized spacial score (nSPS) is 18.2. The van der Waals surface area contributed by atoms with Crippen LogP contribution in [0.4, 0.5) is 0 Å². The van der Waals surface area contributed by atoms with Gasteiger partial charge in [-0.3, -0.25) is 9.59 Å². The zero-order chi connectivity index (χ0) is 15.2. The monoisotopic (exact) mass is 287 g/mol. The van der Waals surface area contributed by atoms with E-state index < -0.39 is 6.04 Å². The molecule has 2 amide bonds. The van der Waals surface area contributed by atoms with Crippen LogP contribution in [-0.2, 0) is 20.9 Å². The Morgan fingerprint density at radius 1 is 1.48 bits per heavy atom. The minimum Gasteiger partial charge on any atom is -0.369 e. The minimum absolute atomic E-state index is 0.0112.